The Morgan fingerprint density at radius 2 is 2.09 bits per heavy atom. The number of thiol groups is 1. The van der Waals surface area contributed by atoms with Crippen molar-refractivity contribution in [3.63, 3.8) is 0 Å². The Morgan fingerprint density at radius 1 is 1.35 bits per heavy atom. The van der Waals surface area contributed by atoms with Crippen LogP contribution in [-0.4, -0.2) is 29.1 Å². The summed E-state index contributed by atoms with van der Waals surface area (Å²) in [5.74, 6) is 0.879. The number of aliphatic hydroxyl groups excluding tert-OH is 1. The predicted molar refractivity (Wildman–Crippen MR) is 99.3 cm³/mol. The lowest BCUT2D eigenvalue weighted by Crippen LogP contribution is -2.37. The first-order valence-corrected chi connectivity index (χ1v) is 9.04. The minimum atomic E-state index is -0.436. The smallest absolute Gasteiger partial charge is 0.130 e. The van der Waals surface area contributed by atoms with Crippen LogP contribution in [-0.2, 0) is 6.42 Å². The lowest BCUT2D eigenvalue weighted by Gasteiger charge is -2.34. The molecule has 0 radical (unpaired) electrons. The molecular formula is C19H29NO2S. The summed E-state index contributed by atoms with van der Waals surface area (Å²) in [6, 6.07) is 4.28. The van der Waals surface area contributed by atoms with Crippen LogP contribution in [0.15, 0.2) is 22.0 Å². The van der Waals surface area contributed by atoms with E-state index in [4.69, 9.17) is 4.74 Å². The normalized spacial score (nSPS) is 19.3. The van der Waals surface area contributed by atoms with Crippen molar-refractivity contribution in [1.29, 1.82) is 0 Å². The third-order valence-electron chi connectivity index (χ3n) is 4.02. The van der Waals surface area contributed by atoms with E-state index in [2.05, 4.69) is 50.5 Å². The maximum absolute atomic E-state index is 9.54. The van der Waals surface area contributed by atoms with Gasteiger partial charge in [-0.2, -0.15) is 0 Å². The Hall–Kier alpha value is -1.00. The van der Waals surface area contributed by atoms with Crippen LogP contribution in [0.2, 0.25) is 0 Å². The van der Waals surface area contributed by atoms with Crippen molar-refractivity contribution in [2.75, 3.05) is 6.54 Å². The average molecular weight is 336 g/mol. The maximum Gasteiger partial charge on any atom is 0.130 e. The summed E-state index contributed by atoms with van der Waals surface area (Å²) < 4.78 is 6.19. The SMILES string of the molecule is CCCCCc1cc(S)c2c(c1)OC(C)(C)CC2=NCC(C)O. The van der Waals surface area contributed by atoms with E-state index in [9.17, 15) is 5.11 Å². The standard InChI is InChI=1S/C19H29NO2S/c1-5-6-7-8-14-9-16-18(17(23)10-14)15(20-12-13(2)21)11-19(3,4)22-16/h9-10,13,21,23H,5-8,11-12H2,1-4H3. The van der Waals surface area contributed by atoms with E-state index in [1.54, 1.807) is 6.92 Å². The third kappa shape index (κ3) is 4.98. The van der Waals surface area contributed by atoms with Crippen molar-refractivity contribution < 1.29 is 9.84 Å². The van der Waals surface area contributed by atoms with Gasteiger partial charge in [-0.05, 0) is 51.3 Å². The van der Waals surface area contributed by atoms with E-state index in [1.165, 1.54) is 24.8 Å². The summed E-state index contributed by atoms with van der Waals surface area (Å²) in [7, 11) is 0. The Bertz CT molecular complexity index is 579. The first kappa shape index (κ1) is 18.3. The number of ether oxygens (including phenoxy) is 1. The van der Waals surface area contributed by atoms with Gasteiger partial charge in [0.1, 0.15) is 11.4 Å². The molecule has 0 aliphatic carbocycles. The summed E-state index contributed by atoms with van der Waals surface area (Å²) in [5.41, 5.74) is 2.97. The van der Waals surface area contributed by atoms with Crippen LogP contribution in [0, 0.1) is 0 Å². The van der Waals surface area contributed by atoms with Crippen molar-refractivity contribution in [1.82, 2.24) is 0 Å². The molecule has 0 fully saturated rings. The number of aryl methyl sites for hydroxylation is 1. The molecule has 128 valence electrons. The molecular weight excluding hydrogens is 306 g/mol. The number of aliphatic imine (C=N–C) groups is 1. The van der Waals surface area contributed by atoms with Crippen LogP contribution < -0.4 is 4.74 Å². The van der Waals surface area contributed by atoms with Gasteiger partial charge in [-0.15, -0.1) is 12.6 Å². The zero-order valence-corrected chi connectivity index (χ0v) is 15.6. The number of nitrogens with zero attached hydrogens (tertiary/aromatic N) is 1. The molecule has 0 amide bonds. The molecule has 0 aromatic heterocycles. The molecule has 23 heavy (non-hydrogen) atoms. The topological polar surface area (TPSA) is 41.8 Å². The number of unbranched alkanes of at least 4 members (excludes halogenated alkanes) is 2. The second kappa shape index (κ2) is 7.71. The molecule has 1 aromatic rings. The van der Waals surface area contributed by atoms with Gasteiger partial charge in [-0.25, -0.2) is 0 Å². The fourth-order valence-corrected chi connectivity index (χ4v) is 3.36. The summed E-state index contributed by atoms with van der Waals surface area (Å²) >= 11 is 4.69. The zero-order chi connectivity index (χ0) is 17.0. The molecule has 0 saturated heterocycles. The lowest BCUT2D eigenvalue weighted by atomic mass is 9.91. The number of hydrogen-bond acceptors (Lipinski definition) is 4. The van der Waals surface area contributed by atoms with Crippen LogP contribution in [0.3, 0.4) is 0 Å². The largest absolute Gasteiger partial charge is 0.487 e. The Labute approximate surface area is 145 Å². The Balaban J connectivity index is 2.35. The fraction of sp³-hybridized carbons (Fsp3) is 0.632. The molecule has 1 aromatic carbocycles. The maximum atomic E-state index is 9.54. The van der Waals surface area contributed by atoms with Crippen LogP contribution >= 0.6 is 12.6 Å². The molecule has 0 bridgehead atoms. The zero-order valence-electron chi connectivity index (χ0n) is 14.7. The predicted octanol–water partition coefficient (Wildman–Crippen LogP) is 4.44. The van der Waals surface area contributed by atoms with Gasteiger partial charge in [0.05, 0.1) is 23.9 Å². The van der Waals surface area contributed by atoms with E-state index in [-0.39, 0.29) is 5.60 Å². The Morgan fingerprint density at radius 3 is 2.74 bits per heavy atom. The van der Waals surface area contributed by atoms with Crippen LogP contribution in [0.25, 0.3) is 0 Å². The van der Waals surface area contributed by atoms with E-state index in [0.717, 1.165) is 34.8 Å². The second-order valence-electron chi connectivity index (χ2n) is 7.12. The van der Waals surface area contributed by atoms with Gasteiger partial charge in [-0.3, -0.25) is 4.99 Å². The molecule has 0 saturated carbocycles. The number of rotatable bonds is 6. The molecule has 1 aliphatic rings. The van der Waals surface area contributed by atoms with Crippen molar-refractivity contribution in [3.8, 4) is 5.75 Å². The van der Waals surface area contributed by atoms with Gasteiger partial charge >= 0.3 is 0 Å². The highest BCUT2D eigenvalue weighted by atomic mass is 32.1. The van der Waals surface area contributed by atoms with Crippen molar-refractivity contribution in [2.45, 2.75) is 76.4 Å². The first-order valence-electron chi connectivity index (χ1n) is 8.59. The minimum absolute atomic E-state index is 0.285. The summed E-state index contributed by atoms with van der Waals surface area (Å²) in [6.45, 7) is 8.54. The van der Waals surface area contributed by atoms with E-state index < -0.39 is 6.10 Å². The molecule has 2 rings (SSSR count). The average Bonchev–Trinajstić information content (AvgIpc) is 2.43. The van der Waals surface area contributed by atoms with E-state index in [1.807, 2.05) is 0 Å². The lowest BCUT2D eigenvalue weighted by molar-refractivity contribution is 0.110. The van der Waals surface area contributed by atoms with Crippen molar-refractivity contribution in [3.05, 3.63) is 23.3 Å². The fourth-order valence-electron chi connectivity index (χ4n) is 2.95. The van der Waals surface area contributed by atoms with Gasteiger partial charge in [0, 0.05) is 11.3 Å². The van der Waals surface area contributed by atoms with Gasteiger partial charge in [0.25, 0.3) is 0 Å². The number of aliphatic hydroxyl groups is 1. The van der Waals surface area contributed by atoms with Crippen LogP contribution in [0.4, 0.5) is 0 Å². The molecule has 4 heteroatoms. The summed E-state index contributed by atoms with van der Waals surface area (Å²) in [5, 5.41) is 9.54. The van der Waals surface area contributed by atoms with Crippen LogP contribution in [0.5, 0.6) is 5.75 Å². The van der Waals surface area contributed by atoms with E-state index >= 15 is 0 Å². The second-order valence-corrected chi connectivity index (χ2v) is 7.60. The molecule has 0 spiro atoms. The summed E-state index contributed by atoms with van der Waals surface area (Å²) in [4.78, 5) is 5.55. The number of benzene rings is 1. The highest BCUT2D eigenvalue weighted by Crippen LogP contribution is 2.38. The minimum Gasteiger partial charge on any atom is -0.487 e. The van der Waals surface area contributed by atoms with Gasteiger partial charge in [-0.1, -0.05) is 19.8 Å². The highest BCUT2D eigenvalue weighted by Gasteiger charge is 2.32. The van der Waals surface area contributed by atoms with Gasteiger partial charge in [0.15, 0.2) is 0 Å². The van der Waals surface area contributed by atoms with Gasteiger partial charge in [0.2, 0.25) is 0 Å². The molecule has 1 unspecified atom stereocenters. The number of fused-ring (bicyclic) bond motifs is 1. The van der Waals surface area contributed by atoms with Crippen molar-refractivity contribution >= 4 is 18.3 Å². The molecule has 1 aliphatic heterocycles. The molecule has 1 heterocycles. The first-order chi connectivity index (χ1) is 10.8. The summed E-state index contributed by atoms with van der Waals surface area (Å²) in [6.07, 6.45) is 5.00. The monoisotopic (exact) mass is 335 g/mol. The Kier molecular flexibility index (Phi) is 6.15. The highest BCUT2D eigenvalue weighted by molar-refractivity contribution is 7.80. The quantitative estimate of drug-likeness (QED) is 0.596. The number of hydrogen-bond donors (Lipinski definition) is 2. The van der Waals surface area contributed by atoms with E-state index in [0.29, 0.717) is 6.54 Å². The molecule has 1 atom stereocenters. The van der Waals surface area contributed by atoms with Gasteiger partial charge < -0.3 is 9.84 Å². The molecule has 1 N–H and O–H groups in total. The van der Waals surface area contributed by atoms with Crippen LogP contribution in [0.1, 0.15) is 64.5 Å². The third-order valence-corrected chi connectivity index (χ3v) is 4.38. The molecule has 3 nitrogen and oxygen atoms in total. The van der Waals surface area contributed by atoms with Crippen molar-refractivity contribution in [2.24, 2.45) is 4.99 Å².